The van der Waals surface area contributed by atoms with Gasteiger partial charge in [0, 0.05) is 5.92 Å². The number of hydrogen-bond acceptors (Lipinski definition) is 21. The zero-order chi connectivity index (χ0) is 72.0. The molecule has 12 rings (SSSR count). The van der Waals surface area contributed by atoms with Gasteiger partial charge in [0.15, 0.2) is 60.9 Å². The number of benzene rings is 5. The molecule has 5 aromatic rings. The molecule has 5 aliphatic carbocycles. The Morgan fingerprint density at radius 1 is 0.426 bits per heavy atom. The van der Waals surface area contributed by atoms with E-state index in [-0.39, 0.29) is 63.2 Å². The molecule has 0 spiro atoms. The minimum absolute atomic E-state index is 0.000172. The molecule has 5 aromatic carbocycles. The fourth-order valence-corrected chi connectivity index (χ4v) is 18.2. The summed E-state index contributed by atoms with van der Waals surface area (Å²) in [5, 5.41) is 0. The van der Waals surface area contributed by atoms with Crippen molar-refractivity contribution in [1.29, 1.82) is 0 Å². The third-order valence-electron chi connectivity index (χ3n) is 23.9. The Hall–Kier alpha value is -8.89. The van der Waals surface area contributed by atoms with Crippen molar-refractivity contribution >= 4 is 53.5 Å². The molecule has 0 unspecified atom stereocenters. The van der Waals surface area contributed by atoms with Gasteiger partial charge in [0.25, 0.3) is 0 Å². The lowest BCUT2D eigenvalue weighted by molar-refractivity contribution is -0.369. The molecule has 19 atom stereocenters. The highest BCUT2D eigenvalue weighted by Gasteiger charge is 2.71. The van der Waals surface area contributed by atoms with Gasteiger partial charge in [-0.25, -0.2) is 33.6 Å². The maximum Gasteiger partial charge on any atom is 0.339 e. The fourth-order valence-electron chi connectivity index (χ4n) is 18.2. The second kappa shape index (κ2) is 28.5. The highest BCUT2D eigenvalue weighted by Crippen LogP contribution is 2.75. The van der Waals surface area contributed by atoms with Gasteiger partial charge in [-0.3, -0.25) is 9.59 Å². The number of methoxy groups -OCH3 is 3. The first-order chi connectivity index (χ1) is 48.2. The van der Waals surface area contributed by atoms with E-state index in [1.165, 1.54) is 67.8 Å². The van der Waals surface area contributed by atoms with Crippen molar-refractivity contribution in [2.24, 2.45) is 50.2 Å². The lowest BCUT2D eigenvalue weighted by Crippen LogP contribution is -2.69. The number of rotatable bonds is 17. The summed E-state index contributed by atoms with van der Waals surface area (Å²) < 4.78 is 76.0. The number of allylic oxidation sites excluding steroid dienone is 2. The van der Waals surface area contributed by atoms with Gasteiger partial charge in [-0.15, -0.1) is 0 Å². The summed E-state index contributed by atoms with van der Waals surface area (Å²) >= 11 is 0. The van der Waals surface area contributed by atoms with E-state index < -0.39 is 142 Å². The Bertz CT molecular complexity index is 3960. The molecule has 2 saturated heterocycles. The fraction of sp³-hybridized carbons (Fsp3) is 0.487. The van der Waals surface area contributed by atoms with Crippen LogP contribution in [-0.4, -0.2) is 142 Å². The summed E-state index contributed by atoms with van der Waals surface area (Å²) in [6.45, 7) is 15.2. The van der Waals surface area contributed by atoms with Gasteiger partial charge >= 0.3 is 47.8 Å². The largest absolute Gasteiger partial charge is 0.469 e. The number of hydrogen-bond donors (Lipinski definition) is 0. The quantitative estimate of drug-likeness (QED) is 0.0475. The SMILES string of the molecule is COC(=O)[C@H]1O[C@@H](O[C@H]2[C@H](O[C@H]3CC[C@]4(C)[C@H]5C(=O)C=C6[C@@H]7C[C@@](C)(C(=O)OC)CC[C@]7(C)CC[C@@]6(C)[C@]5(C)CC[C@H]4C3(C)C)O[C@H](C(=O)OC)[C@@H](OC(=O)c3ccccc3)[C@@H]2OC(=O)c2ccccc2)[C@H](OC(=O)c2ccccc2)[C@@H](OC(=O)c2ccccc2)[C@@H]1OC(=O)c1ccccc1. The average Bonchev–Trinajstić information content (AvgIpc) is 0.673. The van der Waals surface area contributed by atoms with E-state index in [2.05, 4.69) is 41.5 Å². The molecule has 534 valence electrons. The van der Waals surface area contributed by atoms with Crippen molar-refractivity contribution < 1.29 is 100.0 Å². The summed E-state index contributed by atoms with van der Waals surface area (Å²) in [5.41, 5.74) is -2.19. The van der Waals surface area contributed by atoms with Gasteiger partial charge in [0.1, 0.15) is 0 Å². The van der Waals surface area contributed by atoms with E-state index in [4.69, 9.17) is 56.8 Å². The molecule has 0 bridgehead atoms. The van der Waals surface area contributed by atoms with Crippen molar-refractivity contribution in [2.75, 3.05) is 21.3 Å². The van der Waals surface area contributed by atoms with Crippen molar-refractivity contribution in [3.05, 3.63) is 191 Å². The van der Waals surface area contributed by atoms with E-state index in [9.17, 15) is 33.6 Å². The van der Waals surface area contributed by atoms with Crippen LogP contribution in [-0.2, 0) is 76.0 Å². The Morgan fingerprint density at radius 3 is 1.25 bits per heavy atom. The van der Waals surface area contributed by atoms with E-state index >= 15 is 9.59 Å². The predicted octanol–water partition coefficient (Wildman–Crippen LogP) is 11.8. The Morgan fingerprint density at radius 2 is 0.822 bits per heavy atom. The van der Waals surface area contributed by atoms with E-state index in [0.717, 1.165) is 39.1 Å². The van der Waals surface area contributed by atoms with Gasteiger partial charge in [-0.2, -0.15) is 0 Å². The molecule has 6 fully saturated rings. The van der Waals surface area contributed by atoms with Crippen LogP contribution in [0.25, 0.3) is 0 Å². The maximum absolute atomic E-state index is 15.7. The molecule has 4 saturated carbocycles. The summed E-state index contributed by atoms with van der Waals surface area (Å²) in [6.07, 6.45) is -13.3. The van der Waals surface area contributed by atoms with Gasteiger partial charge in [0.2, 0.25) is 6.29 Å². The van der Waals surface area contributed by atoms with Gasteiger partial charge < -0.3 is 56.8 Å². The smallest absolute Gasteiger partial charge is 0.339 e. The topological polar surface area (TPSA) is 264 Å². The lowest BCUT2D eigenvalue weighted by atomic mass is 9.33. The van der Waals surface area contributed by atoms with Crippen LogP contribution in [0.5, 0.6) is 0 Å². The number of carbonyl (C=O) groups is 9. The highest BCUT2D eigenvalue weighted by molar-refractivity contribution is 5.96. The zero-order valence-electron chi connectivity index (χ0n) is 58.5. The summed E-state index contributed by atoms with van der Waals surface area (Å²) in [4.78, 5) is 132. The number of esters is 8. The standard InChI is InChI=1S/C80H88O21/c1-75(2)54-36-39-80(7)64(53(81)44-51-52-45-77(4,74(89)92-10)41-40-76(52,3)42-43-79(51,80)6)78(54,5)38-37-55(75)93-72-63(59(97-68(85)49-32-22-14-23-33-49)57(60(99-72)70(87)90-8)95-66(83)47-28-18-12-19-29-47)101-73-62(98-69(86)50-34-24-15-25-35-50)58(96-67(84)48-30-20-13-21-31-48)56(61(100-73)71(88)91-9)94-65(82)46-26-16-11-17-27-46/h11-35,44,52,54-64,72-73H,36-43,45H2,1-10H3/t52-,54-,55-,56-,57-,58-,59-,60-,61-,62+,63+,64+,72+,73-,76+,77-,78-,79+,80+/m0/s1. The Balaban J connectivity index is 0.980. The highest BCUT2D eigenvalue weighted by atomic mass is 16.8. The monoisotopic (exact) mass is 1380 g/mol. The predicted molar refractivity (Wildman–Crippen MR) is 361 cm³/mol. The first-order valence-electron chi connectivity index (χ1n) is 34.6. The Kier molecular flexibility index (Phi) is 20.3. The van der Waals surface area contributed by atoms with Crippen LogP contribution in [0.15, 0.2) is 163 Å². The number of ether oxygens (including phenoxy) is 12. The molecule has 7 aliphatic rings. The first kappa shape index (κ1) is 71.9. The van der Waals surface area contributed by atoms with Crippen molar-refractivity contribution in [3.8, 4) is 0 Å². The Labute approximate surface area is 587 Å². The van der Waals surface area contributed by atoms with Crippen LogP contribution < -0.4 is 0 Å². The minimum Gasteiger partial charge on any atom is -0.469 e. The third-order valence-corrected chi connectivity index (χ3v) is 23.9. The molecule has 2 heterocycles. The lowest BCUT2D eigenvalue weighted by Gasteiger charge is -2.70. The molecule has 0 amide bonds. The number of ketones is 1. The average molecular weight is 1390 g/mol. The number of fused-ring (bicyclic) bond motifs is 7. The molecular formula is C80H88O21. The van der Waals surface area contributed by atoms with E-state index in [0.29, 0.717) is 32.1 Å². The normalized spacial score (nSPS) is 34.6. The third kappa shape index (κ3) is 13.3. The molecule has 21 nitrogen and oxygen atoms in total. The van der Waals surface area contributed by atoms with Crippen LogP contribution in [0.1, 0.15) is 158 Å². The van der Waals surface area contributed by atoms with Crippen LogP contribution in [0.3, 0.4) is 0 Å². The van der Waals surface area contributed by atoms with E-state index in [1.54, 1.807) is 91.0 Å². The van der Waals surface area contributed by atoms with Gasteiger partial charge in [-0.1, -0.05) is 138 Å². The second-order valence-corrected chi connectivity index (χ2v) is 29.9. The molecule has 0 aromatic heterocycles. The number of carbonyl (C=O) groups excluding carboxylic acids is 9. The maximum atomic E-state index is 15.7. The van der Waals surface area contributed by atoms with Crippen LogP contribution in [0.4, 0.5) is 0 Å². The van der Waals surface area contributed by atoms with Crippen LogP contribution >= 0.6 is 0 Å². The molecule has 2 aliphatic heterocycles. The minimum atomic E-state index is -2.21. The van der Waals surface area contributed by atoms with Crippen molar-refractivity contribution in [3.63, 3.8) is 0 Å². The summed E-state index contributed by atoms with van der Waals surface area (Å²) in [6, 6.07) is 38.6. The first-order valence-corrected chi connectivity index (χ1v) is 34.6. The van der Waals surface area contributed by atoms with Crippen LogP contribution in [0, 0.1) is 50.2 Å². The van der Waals surface area contributed by atoms with Gasteiger partial charge in [-0.05, 0) is 170 Å². The van der Waals surface area contributed by atoms with Crippen molar-refractivity contribution in [1.82, 2.24) is 0 Å². The van der Waals surface area contributed by atoms with Crippen molar-refractivity contribution in [2.45, 2.75) is 174 Å². The van der Waals surface area contributed by atoms with Gasteiger partial charge in [0.05, 0.1) is 60.7 Å². The molecule has 0 radical (unpaired) electrons. The zero-order valence-corrected chi connectivity index (χ0v) is 58.5. The molecule has 101 heavy (non-hydrogen) atoms. The molecule has 21 heteroatoms. The molecule has 0 N–H and O–H groups in total. The van der Waals surface area contributed by atoms with E-state index in [1.807, 2.05) is 13.0 Å². The molecular weight excluding hydrogens is 1300 g/mol. The summed E-state index contributed by atoms with van der Waals surface area (Å²) in [5.74, 6) is -8.33. The second-order valence-electron chi connectivity index (χ2n) is 29.9. The summed E-state index contributed by atoms with van der Waals surface area (Å²) in [7, 11) is 3.56. The van der Waals surface area contributed by atoms with Crippen LogP contribution in [0.2, 0.25) is 0 Å².